The number of esters is 1. The summed E-state index contributed by atoms with van der Waals surface area (Å²) in [5, 5.41) is 0. The number of benzene rings is 1. The Balaban J connectivity index is 2.33. The zero-order valence-corrected chi connectivity index (χ0v) is 10.8. The SMILES string of the molecule is CCOC(=O)CCC(=O)COc1cccc(C=O)c1. The van der Waals surface area contributed by atoms with Gasteiger partial charge in [-0.15, -0.1) is 0 Å². The fourth-order valence-electron chi connectivity index (χ4n) is 1.39. The molecule has 0 aliphatic carbocycles. The number of rotatable bonds is 8. The van der Waals surface area contributed by atoms with E-state index < -0.39 is 0 Å². The summed E-state index contributed by atoms with van der Waals surface area (Å²) < 4.78 is 9.96. The number of hydrogen-bond donors (Lipinski definition) is 0. The Morgan fingerprint density at radius 1 is 1.26 bits per heavy atom. The van der Waals surface area contributed by atoms with Gasteiger partial charge in [-0.2, -0.15) is 0 Å². The van der Waals surface area contributed by atoms with Crippen LogP contribution in [0.2, 0.25) is 0 Å². The van der Waals surface area contributed by atoms with E-state index in [0.717, 1.165) is 0 Å². The smallest absolute Gasteiger partial charge is 0.306 e. The van der Waals surface area contributed by atoms with Gasteiger partial charge in [0, 0.05) is 12.0 Å². The van der Waals surface area contributed by atoms with Gasteiger partial charge in [-0.3, -0.25) is 14.4 Å². The molecule has 0 unspecified atom stereocenters. The van der Waals surface area contributed by atoms with Crippen molar-refractivity contribution in [1.82, 2.24) is 0 Å². The minimum Gasteiger partial charge on any atom is -0.486 e. The third kappa shape index (κ3) is 5.81. The minimum atomic E-state index is -0.390. The van der Waals surface area contributed by atoms with Gasteiger partial charge in [0.05, 0.1) is 13.0 Å². The number of aldehydes is 1. The first-order chi connectivity index (χ1) is 9.15. The third-order valence-corrected chi connectivity index (χ3v) is 2.31. The van der Waals surface area contributed by atoms with Gasteiger partial charge in [-0.05, 0) is 19.1 Å². The van der Waals surface area contributed by atoms with Crippen LogP contribution in [0.3, 0.4) is 0 Å². The second kappa shape index (κ2) is 8.02. The predicted molar refractivity (Wildman–Crippen MR) is 68.2 cm³/mol. The lowest BCUT2D eigenvalue weighted by molar-refractivity contribution is -0.144. The standard InChI is InChI=1S/C14H16O5/c1-2-18-14(17)7-6-12(16)10-19-13-5-3-4-11(8-13)9-15/h3-5,8-9H,2,6-7,10H2,1H3. The highest BCUT2D eigenvalue weighted by Crippen LogP contribution is 2.12. The van der Waals surface area contributed by atoms with Gasteiger partial charge in [0.15, 0.2) is 5.78 Å². The summed E-state index contributed by atoms with van der Waals surface area (Å²) in [6.45, 7) is 1.90. The molecular formula is C14H16O5. The summed E-state index contributed by atoms with van der Waals surface area (Å²) in [6.07, 6.45) is 0.853. The molecule has 1 rings (SSSR count). The van der Waals surface area contributed by atoms with Gasteiger partial charge in [0.1, 0.15) is 18.6 Å². The highest BCUT2D eigenvalue weighted by Gasteiger charge is 2.08. The molecule has 0 amide bonds. The predicted octanol–water partition coefficient (Wildman–Crippen LogP) is 1.79. The van der Waals surface area contributed by atoms with E-state index in [1.54, 1.807) is 31.2 Å². The van der Waals surface area contributed by atoms with Crippen molar-refractivity contribution < 1.29 is 23.9 Å². The Labute approximate surface area is 111 Å². The summed E-state index contributed by atoms with van der Waals surface area (Å²) in [5.41, 5.74) is 0.483. The van der Waals surface area contributed by atoms with Crippen molar-refractivity contribution in [2.75, 3.05) is 13.2 Å². The van der Waals surface area contributed by atoms with E-state index in [2.05, 4.69) is 0 Å². The van der Waals surface area contributed by atoms with Crippen LogP contribution < -0.4 is 4.74 Å². The van der Waals surface area contributed by atoms with Crippen LogP contribution in [0.5, 0.6) is 5.75 Å². The Bertz CT molecular complexity index is 453. The van der Waals surface area contributed by atoms with Crippen molar-refractivity contribution in [3.63, 3.8) is 0 Å². The van der Waals surface area contributed by atoms with Crippen LogP contribution in [0.25, 0.3) is 0 Å². The molecule has 0 N–H and O–H groups in total. The van der Waals surface area contributed by atoms with E-state index in [1.165, 1.54) is 0 Å². The average Bonchev–Trinajstić information content (AvgIpc) is 2.43. The molecule has 0 aromatic heterocycles. The van der Waals surface area contributed by atoms with Crippen LogP contribution >= 0.6 is 0 Å². The maximum atomic E-state index is 11.5. The van der Waals surface area contributed by atoms with Gasteiger partial charge in [-0.1, -0.05) is 12.1 Å². The maximum Gasteiger partial charge on any atom is 0.306 e. The number of Topliss-reactive ketones (excluding diaryl/α,β-unsaturated/α-hetero) is 1. The van der Waals surface area contributed by atoms with Crippen molar-refractivity contribution in [2.24, 2.45) is 0 Å². The first-order valence-corrected chi connectivity index (χ1v) is 6.01. The molecule has 0 spiro atoms. The fourth-order valence-corrected chi connectivity index (χ4v) is 1.39. The van der Waals surface area contributed by atoms with Crippen molar-refractivity contribution in [3.05, 3.63) is 29.8 Å². The molecule has 102 valence electrons. The largest absolute Gasteiger partial charge is 0.486 e. The number of hydrogen-bond acceptors (Lipinski definition) is 5. The minimum absolute atomic E-state index is 0.0599. The normalized spacial score (nSPS) is 9.74. The van der Waals surface area contributed by atoms with E-state index in [1.807, 2.05) is 0 Å². The number of carbonyl (C=O) groups excluding carboxylic acids is 3. The van der Waals surface area contributed by atoms with Crippen molar-refractivity contribution in [1.29, 1.82) is 0 Å². The van der Waals surface area contributed by atoms with E-state index in [4.69, 9.17) is 9.47 Å². The molecular weight excluding hydrogens is 248 g/mol. The second-order valence-electron chi connectivity index (χ2n) is 3.82. The summed E-state index contributed by atoms with van der Waals surface area (Å²) in [4.78, 5) is 33.1. The van der Waals surface area contributed by atoms with Gasteiger partial charge in [0.25, 0.3) is 0 Å². The fraction of sp³-hybridized carbons (Fsp3) is 0.357. The van der Waals surface area contributed by atoms with E-state index >= 15 is 0 Å². The molecule has 0 saturated heterocycles. The van der Waals surface area contributed by atoms with Gasteiger partial charge in [0.2, 0.25) is 0 Å². The summed E-state index contributed by atoms with van der Waals surface area (Å²) >= 11 is 0. The van der Waals surface area contributed by atoms with Crippen molar-refractivity contribution >= 4 is 18.0 Å². The van der Waals surface area contributed by atoms with Crippen LogP contribution in [-0.2, 0) is 14.3 Å². The summed E-state index contributed by atoms with van der Waals surface area (Å²) in [5.74, 6) is -0.127. The Morgan fingerprint density at radius 3 is 2.74 bits per heavy atom. The van der Waals surface area contributed by atoms with Crippen LogP contribution in [-0.4, -0.2) is 31.3 Å². The van der Waals surface area contributed by atoms with Crippen molar-refractivity contribution in [3.8, 4) is 5.75 Å². The molecule has 0 fully saturated rings. The van der Waals surface area contributed by atoms with Crippen LogP contribution in [0.1, 0.15) is 30.1 Å². The first-order valence-electron chi connectivity index (χ1n) is 6.01. The molecule has 0 radical (unpaired) electrons. The molecule has 0 saturated carbocycles. The zero-order chi connectivity index (χ0) is 14.1. The molecule has 5 heteroatoms. The molecule has 0 aliphatic rings. The molecule has 5 nitrogen and oxygen atoms in total. The molecule has 0 aliphatic heterocycles. The van der Waals surface area contributed by atoms with Gasteiger partial charge >= 0.3 is 5.97 Å². The van der Waals surface area contributed by atoms with Gasteiger partial charge < -0.3 is 9.47 Å². The van der Waals surface area contributed by atoms with Crippen LogP contribution in [0.4, 0.5) is 0 Å². The van der Waals surface area contributed by atoms with Crippen molar-refractivity contribution in [2.45, 2.75) is 19.8 Å². The van der Waals surface area contributed by atoms with Gasteiger partial charge in [-0.25, -0.2) is 0 Å². The average molecular weight is 264 g/mol. The summed E-state index contributed by atoms with van der Waals surface area (Å²) in [7, 11) is 0. The lowest BCUT2D eigenvalue weighted by Gasteiger charge is -2.05. The first kappa shape index (κ1) is 14.9. The number of ether oxygens (including phenoxy) is 2. The molecule has 1 aromatic rings. The van der Waals surface area contributed by atoms with E-state index in [-0.39, 0.29) is 31.2 Å². The molecule has 0 heterocycles. The quantitative estimate of drug-likeness (QED) is 0.529. The topological polar surface area (TPSA) is 69.7 Å². The molecule has 0 bridgehead atoms. The molecule has 0 atom stereocenters. The summed E-state index contributed by atoms with van der Waals surface area (Å²) in [6, 6.07) is 6.52. The second-order valence-corrected chi connectivity index (χ2v) is 3.82. The maximum absolute atomic E-state index is 11.5. The Hall–Kier alpha value is -2.17. The highest BCUT2D eigenvalue weighted by molar-refractivity contribution is 5.84. The van der Waals surface area contributed by atoms with Crippen LogP contribution in [0, 0.1) is 0 Å². The van der Waals surface area contributed by atoms with E-state index in [9.17, 15) is 14.4 Å². The highest BCUT2D eigenvalue weighted by atomic mass is 16.5. The Morgan fingerprint density at radius 2 is 2.05 bits per heavy atom. The number of ketones is 1. The molecule has 1 aromatic carbocycles. The Kier molecular flexibility index (Phi) is 6.29. The van der Waals surface area contributed by atoms with E-state index in [0.29, 0.717) is 24.2 Å². The van der Waals surface area contributed by atoms with Crippen LogP contribution in [0.15, 0.2) is 24.3 Å². The monoisotopic (exact) mass is 264 g/mol. The number of carbonyl (C=O) groups is 3. The zero-order valence-electron chi connectivity index (χ0n) is 10.8. The third-order valence-electron chi connectivity index (χ3n) is 2.31. The lowest BCUT2D eigenvalue weighted by atomic mass is 10.2. The lowest BCUT2D eigenvalue weighted by Crippen LogP contribution is -2.14. The molecule has 19 heavy (non-hydrogen) atoms.